The molecule has 5 rings (SSSR count). The van der Waals surface area contributed by atoms with Crippen molar-refractivity contribution < 1.29 is 18.3 Å². The van der Waals surface area contributed by atoms with E-state index in [4.69, 9.17) is 10.00 Å². The van der Waals surface area contributed by atoms with Crippen LogP contribution in [0, 0.1) is 11.3 Å². The molecule has 2 heterocycles. The summed E-state index contributed by atoms with van der Waals surface area (Å²) in [5.74, 6) is 0.640. The number of hydrogen-bond acceptors (Lipinski definition) is 6. The Morgan fingerprint density at radius 2 is 1.97 bits per heavy atom. The summed E-state index contributed by atoms with van der Waals surface area (Å²) < 4.78 is 32.0. The summed E-state index contributed by atoms with van der Waals surface area (Å²) in [6.45, 7) is 1.85. The van der Waals surface area contributed by atoms with Crippen LogP contribution in [0.5, 0.6) is 5.75 Å². The number of likely N-dealkylation sites (tertiary alicyclic amines) is 1. The minimum Gasteiger partial charge on any atom is -0.487 e. The number of hydrogen-bond donors (Lipinski definition) is 2. The van der Waals surface area contributed by atoms with Gasteiger partial charge in [0.05, 0.1) is 24.0 Å². The van der Waals surface area contributed by atoms with E-state index in [0.29, 0.717) is 29.5 Å². The van der Waals surface area contributed by atoms with Crippen LogP contribution in [0.15, 0.2) is 36.4 Å². The lowest BCUT2D eigenvalue weighted by atomic mass is 9.80. The molecule has 2 aromatic rings. The van der Waals surface area contributed by atoms with Crippen molar-refractivity contribution in [1.29, 1.82) is 5.26 Å². The van der Waals surface area contributed by atoms with Gasteiger partial charge in [0.25, 0.3) is 0 Å². The van der Waals surface area contributed by atoms with Crippen LogP contribution in [-0.2, 0) is 22.9 Å². The molecule has 33 heavy (non-hydrogen) atoms. The quantitative estimate of drug-likeness (QED) is 0.719. The third kappa shape index (κ3) is 4.58. The molecular weight excluding hydrogens is 438 g/mol. The maximum atomic E-state index is 11.5. The molecule has 7 nitrogen and oxygen atoms in total. The fourth-order valence-corrected chi connectivity index (χ4v) is 6.19. The van der Waals surface area contributed by atoms with Crippen molar-refractivity contribution in [3.8, 4) is 11.8 Å². The number of aliphatic hydroxyl groups excluding tert-OH is 1. The van der Waals surface area contributed by atoms with Gasteiger partial charge in [-0.3, -0.25) is 9.62 Å². The first kappa shape index (κ1) is 22.2. The molecule has 1 saturated heterocycles. The van der Waals surface area contributed by atoms with Crippen molar-refractivity contribution in [2.24, 2.45) is 0 Å². The van der Waals surface area contributed by atoms with Gasteiger partial charge in [0.2, 0.25) is 10.0 Å². The number of aliphatic hydroxyl groups is 1. The number of fused-ring (bicyclic) bond motifs is 2. The van der Waals surface area contributed by atoms with E-state index in [-0.39, 0.29) is 5.60 Å². The molecule has 3 aliphatic rings. The van der Waals surface area contributed by atoms with Crippen molar-refractivity contribution >= 4 is 15.7 Å². The summed E-state index contributed by atoms with van der Waals surface area (Å²) in [4.78, 5) is 2.55. The first-order valence-electron chi connectivity index (χ1n) is 11.5. The highest BCUT2D eigenvalue weighted by atomic mass is 32.2. The van der Waals surface area contributed by atoms with Crippen LogP contribution < -0.4 is 9.46 Å². The molecule has 0 unspecified atom stereocenters. The van der Waals surface area contributed by atoms with Crippen LogP contribution >= 0.6 is 0 Å². The molecule has 0 bridgehead atoms. The Bertz CT molecular complexity index is 1210. The van der Waals surface area contributed by atoms with Gasteiger partial charge >= 0.3 is 0 Å². The maximum Gasteiger partial charge on any atom is 0.229 e. The molecule has 2 atom stereocenters. The average molecular weight is 468 g/mol. The van der Waals surface area contributed by atoms with Crippen LogP contribution in [0.3, 0.4) is 0 Å². The lowest BCUT2D eigenvalue weighted by Gasteiger charge is -2.48. The summed E-state index contributed by atoms with van der Waals surface area (Å²) in [5.41, 5.74) is 4.07. The summed E-state index contributed by atoms with van der Waals surface area (Å²) in [7, 11) is -3.38. The van der Waals surface area contributed by atoms with E-state index >= 15 is 0 Å². The van der Waals surface area contributed by atoms with Crippen LogP contribution in [0.4, 0.5) is 5.69 Å². The zero-order valence-electron chi connectivity index (χ0n) is 18.8. The lowest BCUT2D eigenvalue weighted by molar-refractivity contribution is -0.0608. The topological polar surface area (TPSA) is 103 Å². The number of aryl methyl sites for hydroxylation is 1. The molecule has 0 amide bonds. The molecule has 2 aliphatic heterocycles. The van der Waals surface area contributed by atoms with Gasteiger partial charge in [-0.2, -0.15) is 5.26 Å². The van der Waals surface area contributed by atoms with Crippen molar-refractivity contribution in [1.82, 2.24) is 4.90 Å². The van der Waals surface area contributed by atoms with E-state index < -0.39 is 16.1 Å². The molecule has 8 heteroatoms. The maximum absolute atomic E-state index is 11.5. The fraction of sp³-hybridized carbons (Fsp3) is 0.480. The second-order valence-electron chi connectivity index (χ2n) is 9.66. The predicted molar refractivity (Wildman–Crippen MR) is 126 cm³/mol. The average Bonchev–Trinajstić information content (AvgIpc) is 2.78. The minimum atomic E-state index is -3.38. The first-order valence-corrected chi connectivity index (χ1v) is 13.4. The molecule has 2 N–H and O–H groups in total. The number of nitriles is 1. The monoisotopic (exact) mass is 467 g/mol. The van der Waals surface area contributed by atoms with Crippen molar-refractivity contribution in [3.63, 3.8) is 0 Å². The Labute approximate surface area is 195 Å². The highest BCUT2D eigenvalue weighted by molar-refractivity contribution is 7.92. The Hall–Kier alpha value is -2.60. The van der Waals surface area contributed by atoms with Crippen molar-refractivity contribution in [2.75, 3.05) is 24.1 Å². The van der Waals surface area contributed by atoms with Crippen LogP contribution in [-0.4, -0.2) is 49.4 Å². The number of sulfonamides is 1. The molecule has 1 spiro atoms. The number of benzene rings is 2. The zero-order valence-corrected chi connectivity index (χ0v) is 19.6. The number of piperidine rings is 1. The minimum absolute atomic E-state index is 0.386. The molecule has 0 aromatic heterocycles. The van der Waals surface area contributed by atoms with E-state index in [0.717, 1.165) is 57.0 Å². The van der Waals surface area contributed by atoms with Gasteiger partial charge in [-0.1, -0.05) is 6.07 Å². The van der Waals surface area contributed by atoms with Gasteiger partial charge in [0.15, 0.2) is 0 Å². The molecule has 0 saturated carbocycles. The van der Waals surface area contributed by atoms with Gasteiger partial charge in [0.1, 0.15) is 11.4 Å². The van der Waals surface area contributed by atoms with Crippen LogP contribution in [0.1, 0.15) is 54.0 Å². The van der Waals surface area contributed by atoms with E-state index in [1.165, 1.54) is 11.1 Å². The molecule has 2 aromatic carbocycles. The molecule has 1 aliphatic carbocycles. The highest BCUT2D eigenvalue weighted by Gasteiger charge is 2.44. The first-order chi connectivity index (χ1) is 15.7. The van der Waals surface area contributed by atoms with Gasteiger partial charge in [0, 0.05) is 36.8 Å². The largest absolute Gasteiger partial charge is 0.487 e. The van der Waals surface area contributed by atoms with Gasteiger partial charge < -0.3 is 9.84 Å². The van der Waals surface area contributed by atoms with Crippen LogP contribution in [0.2, 0.25) is 0 Å². The summed E-state index contributed by atoms with van der Waals surface area (Å²) in [6, 6.07) is 13.9. The number of nitrogens with one attached hydrogen (secondary N) is 1. The normalized spacial score (nSPS) is 24.3. The SMILES string of the molecule is CS(=O)(=O)Nc1ccc2c(c1)[C@@H](O)CC1(CCN([C@H]3CCc4cc(C#N)ccc4C3)CC1)O2. The van der Waals surface area contributed by atoms with E-state index in [1.54, 1.807) is 18.2 Å². The number of anilines is 1. The van der Waals surface area contributed by atoms with Gasteiger partial charge in [-0.15, -0.1) is 0 Å². The second kappa shape index (κ2) is 8.32. The Morgan fingerprint density at radius 3 is 2.70 bits per heavy atom. The Balaban J connectivity index is 1.25. The third-order valence-electron chi connectivity index (χ3n) is 7.33. The summed E-state index contributed by atoms with van der Waals surface area (Å²) >= 11 is 0. The van der Waals surface area contributed by atoms with Crippen molar-refractivity contribution in [3.05, 3.63) is 58.7 Å². The van der Waals surface area contributed by atoms with Crippen LogP contribution in [0.25, 0.3) is 0 Å². The van der Waals surface area contributed by atoms with E-state index in [1.807, 2.05) is 12.1 Å². The third-order valence-corrected chi connectivity index (χ3v) is 7.93. The number of ether oxygens (including phenoxy) is 1. The molecular formula is C25H29N3O4S. The highest BCUT2D eigenvalue weighted by Crippen LogP contribution is 2.45. The molecule has 174 valence electrons. The number of rotatable bonds is 3. The Kier molecular flexibility index (Phi) is 5.60. The summed E-state index contributed by atoms with van der Waals surface area (Å²) in [6.07, 6.45) is 5.75. The van der Waals surface area contributed by atoms with Gasteiger partial charge in [-0.25, -0.2) is 8.42 Å². The van der Waals surface area contributed by atoms with E-state index in [2.05, 4.69) is 21.8 Å². The summed E-state index contributed by atoms with van der Waals surface area (Å²) in [5, 5.41) is 20.0. The Morgan fingerprint density at radius 1 is 1.18 bits per heavy atom. The smallest absolute Gasteiger partial charge is 0.229 e. The lowest BCUT2D eigenvalue weighted by Crippen LogP contribution is -2.53. The molecule has 1 fully saturated rings. The van der Waals surface area contributed by atoms with E-state index in [9.17, 15) is 13.5 Å². The van der Waals surface area contributed by atoms with Gasteiger partial charge in [-0.05, 0) is 73.6 Å². The second-order valence-corrected chi connectivity index (χ2v) is 11.4. The zero-order chi connectivity index (χ0) is 23.2. The number of nitrogens with zero attached hydrogens (tertiary/aromatic N) is 2. The molecule has 0 radical (unpaired) electrons. The standard InChI is InChI=1S/C25H29N3O4S/c1-33(30,31)27-20-5-7-24-22(14-20)23(29)15-25(32-24)8-10-28(11-9-25)21-6-4-18-12-17(16-26)2-3-19(18)13-21/h2-3,5,7,12,14,21,23,27,29H,4,6,8-11,13,15H2,1H3/t21-,23-/m0/s1. The fourth-order valence-electron chi connectivity index (χ4n) is 5.64. The van der Waals surface area contributed by atoms with Crippen molar-refractivity contribution in [2.45, 2.75) is 56.3 Å². The predicted octanol–water partition coefficient (Wildman–Crippen LogP) is 3.14.